The summed E-state index contributed by atoms with van der Waals surface area (Å²) in [7, 11) is -1.32. The quantitative estimate of drug-likeness (QED) is 0.512. The Kier molecular flexibility index (Phi) is 4.50. The van der Waals surface area contributed by atoms with Gasteiger partial charge in [-0.3, -0.25) is 4.79 Å². The lowest BCUT2D eigenvalue weighted by atomic mass is 9.93. The first-order valence-corrected chi connectivity index (χ1v) is 11.8. The molecule has 31 heavy (non-hydrogen) atoms. The molecule has 160 valence electrons. The Hall–Kier alpha value is -3.34. The average molecular weight is 440 g/mol. The van der Waals surface area contributed by atoms with Crippen LogP contribution in [0.1, 0.15) is 29.9 Å². The van der Waals surface area contributed by atoms with Crippen molar-refractivity contribution < 1.29 is 8.42 Å². The van der Waals surface area contributed by atoms with Gasteiger partial charge in [-0.25, -0.2) is 27.9 Å². The van der Waals surface area contributed by atoms with Gasteiger partial charge in [-0.1, -0.05) is 0 Å². The lowest BCUT2D eigenvalue weighted by Crippen LogP contribution is -2.25. The number of hydrogen-bond acceptors (Lipinski definition) is 8. The molecule has 0 aromatic carbocycles. The number of aryl methyl sites for hydroxylation is 2. The summed E-state index contributed by atoms with van der Waals surface area (Å²) in [5, 5.41) is 7.39. The molecule has 0 atom stereocenters. The van der Waals surface area contributed by atoms with E-state index in [1.807, 2.05) is 19.2 Å². The minimum absolute atomic E-state index is 0.0316. The lowest BCUT2D eigenvalue weighted by Gasteiger charge is -2.23. The molecule has 5 heterocycles. The van der Waals surface area contributed by atoms with Crippen molar-refractivity contribution in [1.29, 1.82) is 0 Å². The molecule has 1 aliphatic heterocycles. The van der Waals surface area contributed by atoms with Gasteiger partial charge in [0.15, 0.2) is 5.65 Å². The summed E-state index contributed by atoms with van der Waals surface area (Å²) in [6.07, 6.45) is 5.90. The van der Waals surface area contributed by atoms with Gasteiger partial charge in [0.05, 0.1) is 40.6 Å². The van der Waals surface area contributed by atoms with Crippen LogP contribution in [-0.4, -0.2) is 49.1 Å². The summed E-state index contributed by atoms with van der Waals surface area (Å²) in [4.78, 5) is 25.8. The molecule has 1 aliphatic rings. The van der Waals surface area contributed by atoms with Crippen molar-refractivity contribution in [3.05, 3.63) is 52.3 Å². The highest BCUT2D eigenvalue weighted by molar-refractivity contribution is 7.91. The monoisotopic (exact) mass is 439 g/mol. The number of sulfone groups is 1. The van der Waals surface area contributed by atoms with Crippen LogP contribution in [0.3, 0.4) is 0 Å². The van der Waals surface area contributed by atoms with E-state index in [4.69, 9.17) is 4.98 Å². The van der Waals surface area contributed by atoms with Crippen molar-refractivity contribution >= 4 is 38.2 Å². The number of hydrogen-bond donors (Lipinski definition) is 1. The Morgan fingerprint density at radius 2 is 1.94 bits per heavy atom. The number of pyridine rings is 2. The predicted molar refractivity (Wildman–Crippen MR) is 116 cm³/mol. The van der Waals surface area contributed by atoms with Crippen molar-refractivity contribution in [3.8, 4) is 0 Å². The maximum Gasteiger partial charge on any atom is 0.251 e. The molecule has 0 aliphatic carbocycles. The molecule has 0 bridgehead atoms. The number of nitrogens with zero attached hydrogens (tertiary/aromatic N) is 6. The van der Waals surface area contributed by atoms with E-state index in [0.717, 1.165) is 22.5 Å². The van der Waals surface area contributed by atoms with Crippen molar-refractivity contribution in [2.24, 2.45) is 7.05 Å². The highest BCUT2D eigenvalue weighted by Crippen LogP contribution is 2.32. The molecule has 4 aromatic rings. The molecule has 0 unspecified atom stereocenters. The van der Waals surface area contributed by atoms with Gasteiger partial charge >= 0.3 is 0 Å². The summed E-state index contributed by atoms with van der Waals surface area (Å²) >= 11 is 0. The standard InChI is InChI=1S/C20H21N7O3S/c1-12-7-17-22-11-23-27(17)10-15(12)24-20-21-9-16-19(25-20)14(8-18(28)26(16)2)13-3-5-31(29,30)6-4-13/h7-11,13H,3-6H2,1-2H3,(H,21,24,25). The molecular formula is C20H21N7O3S. The maximum absolute atomic E-state index is 12.5. The van der Waals surface area contributed by atoms with Gasteiger partial charge in [-0.2, -0.15) is 5.10 Å². The van der Waals surface area contributed by atoms with Gasteiger partial charge in [0.1, 0.15) is 16.2 Å². The predicted octanol–water partition coefficient (Wildman–Crippen LogP) is 1.72. The third-order valence-corrected chi connectivity index (χ3v) is 7.59. The number of nitrogens with one attached hydrogen (secondary N) is 1. The van der Waals surface area contributed by atoms with Crippen LogP contribution in [-0.2, 0) is 16.9 Å². The Bertz CT molecular complexity index is 1480. The van der Waals surface area contributed by atoms with Crippen LogP contribution in [0.15, 0.2) is 35.6 Å². The van der Waals surface area contributed by atoms with Crippen LogP contribution in [0.4, 0.5) is 11.6 Å². The van der Waals surface area contributed by atoms with Crippen molar-refractivity contribution in [1.82, 2.24) is 29.1 Å². The van der Waals surface area contributed by atoms with Crippen molar-refractivity contribution in [3.63, 3.8) is 0 Å². The van der Waals surface area contributed by atoms with E-state index in [-0.39, 0.29) is 23.0 Å². The molecule has 0 saturated carbocycles. The molecule has 0 radical (unpaired) electrons. The highest BCUT2D eigenvalue weighted by Gasteiger charge is 2.27. The van der Waals surface area contributed by atoms with Crippen molar-refractivity contribution in [2.45, 2.75) is 25.7 Å². The van der Waals surface area contributed by atoms with Crippen LogP contribution in [0.5, 0.6) is 0 Å². The number of anilines is 2. The van der Waals surface area contributed by atoms with Crippen LogP contribution >= 0.6 is 0 Å². The second-order valence-electron chi connectivity index (χ2n) is 7.91. The first-order chi connectivity index (χ1) is 14.8. The third-order valence-electron chi connectivity index (χ3n) is 5.88. The Morgan fingerprint density at radius 3 is 2.71 bits per heavy atom. The highest BCUT2D eigenvalue weighted by atomic mass is 32.2. The van der Waals surface area contributed by atoms with E-state index in [1.54, 1.807) is 23.8 Å². The summed E-state index contributed by atoms with van der Waals surface area (Å²) in [6, 6.07) is 3.49. The fourth-order valence-corrected chi connectivity index (χ4v) is 5.52. The zero-order valence-electron chi connectivity index (χ0n) is 17.1. The minimum atomic E-state index is -3.00. The Morgan fingerprint density at radius 1 is 1.16 bits per heavy atom. The largest absolute Gasteiger partial charge is 0.323 e. The third kappa shape index (κ3) is 3.54. The van der Waals surface area contributed by atoms with E-state index in [0.29, 0.717) is 29.8 Å². The van der Waals surface area contributed by atoms with E-state index in [1.165, 1.54) is 10.9 Å². The molecular weight excluding hydrogens is 418 g/mol. The molecule has 0 amide bonds. The lowest BCUT2D eigenvalue weighted by molar-refractivity contribution is 0.550. The Labute approximate surface area is 177 Å². The molecule has 5 rings (SSSR count). The second-order valence-corrected chi connectivity index (χ2v) is 10.2. The van der Waals surface area contributed by atoms with Crippen LogP contribution in [0.2, 0.25) is 0 Å². The van der Waals surface area contributed by atoms with Gasteiger partial charge in [-0.15, -0.1) is 0 Å². The van der Waals surface area contributed by atoms with E-state index >= 15 is 0 Å². The van der Waals surface area contributed by atoms with Gasteiger partial charge in [0.2, 0.25) is 5.95 Å². The van der Waals surface area contributed by atoms with Crippen LogP contribution in [0, 0.1) is 6.92 Å². The van der Waals surface area contributed by atoms with Crippen LogP contribution in [0.25, 0.3) is 16.7 Å². The molecule has 1 saturated heterocycles. The van der Waals surface area contributed by atoms with Gasteiger partial charge < -0.3 is 9.88 Å². The summed E-state index contributed by atoms with van der Waals surface area (Å²) < 4.78 is 26.9. The number of aromatic nitrogens is 6. The maximum atomic E-state index is 12.5. The second kappa shape index (κ2) is 7.12. The van der Waals surface area contributed by atoms with Gasteiger partial charge in [-0.05, 0) is 42.9 Å². The van der Waals surface area contributed by atoms with Crippen molar-refractivity contribution in [2.75, 3.05) is 16.8 Å². The van der Waals surface area contributed by atoms with Crippen LogP contribution < -0.4 is 10.9 Å². The first-order valence-electron chi connectivity index (χ1n) is 9.95. The molecule has 1 fully saturated rings. The fourth-order valence-electron chi connectivity index (χ4n) is 4.03. The first kappa shape index (κ1) is 19.6. The van der Waals surface area contributed by atoms with Gasteiger partial charge in [0, 0.05) is 13.1 Å². The zero-order chi connectivity index (χ0) is 21.8. The topological polar surface area (TPSA) is 124 Å². The molecule has 11 heteroatoms. The molecule has 10 nitrogen and oxygen atoms in total. The SMILES string of the molecule is Cc1cc2ncnn2cc1Nc1ncc2c(n1)c(C1CCS(=O)(=O)CC1)cc(=O)n2C. The summed E-state index contributed by atoms with van der Waals surface area (Å²) in [5.74, 6) is 0.609. The number of fused-ring (bicyclic) bond motifs is 2. The molecule has 1 N–H and O–H groups in total. The van der Waals surface area contributed by atoms with E-state index in [2.05, 4.69) is 20.4 Å². The number of rotatable bonds is 3. The fraction of sp³-hybridized carbons (Fsp3) is 0.350. The Balaban J connectivity index is 1.58. The minimum Gasteiger partial charge on any atom is -0.323 e. The average Bonchev–Trinajstić information content (AvgIpc) is 3.18. The normalized spacial score (nSPS) is 16.7. The molecule has 4 aromatic heterocycles. The summed E-state index contributed by atoms with van der Waals surface area (Å²) in [6.45, 7) is 1.95. The summed E-state index contributed by atoms with van der Waals surface area (Å²) in [5.41, 5.74) is 4.38. The van der Waals surface area contributed by atoms with E-state index in [9.17, 15) is 13.2 Å². The van der Waals surface area contributed by atoms with E-state index < -0.39 is 9.84 Å². The van der Waals surface area contributed by atoms with Gasteiger partial charge in [0.25, 0.3) is 5.56 Å². The smallest absolute Gasteiger partial charge is 0.251 e. The zero-order valence-corrected chi connectivity index (χ0v) is 17.9. The molecule has 0 spiro atoms.